The predicted molar refractivity (Wildman–Crippen MR) is 68.0 cm³/mol. The summed E-state index contributed by atoms with van der Waals surface area (Å²) in [4.78, 5) is 0. The lowest BCUT2D eigenvalue weighted by Gasteiger charge is -2.20. The maximum atomic E-state index is 9.31. The van der Waals surface area contributed by atoms with Crippen LogP contribution in [0, 0.1) is 17.8 Å². The van der Waals surface area contributed by atoms with Crippen molar-refractivity contribution >= 4 is 0 Å². The van der Waals surface area contributed by atoms with E-state index >= 15 is 0 Å². The Kier molecular flexibility index (Phi) is 9.18. The summed E-state index contributed by atoms with van der Waals surface area (Å²) in [5.74, 6) is 2.10. The minimum atomic E-state index is 0.381. The molecule has 2 unspecified atom stereocenters. The molecule has 15 heavy (non-hydrogen) atoms. The molecule has 0 aliphatic heterocycles. The predicted octanol–water partition coefficient (Wildman–Crippen LogP) is 4.25. The first kappa shape index (κ1) is 15.0. The summed E-state index contributed by atoms with van der Waals surface area (Å²) in [6.07, 6.45) is 7.60. The third-order valence-corrected chi connectivity index (χ3v) is 3.08. The Morgan fingerprint density at radius 2 is 1.67 bits per heavy atom. The number of rotatable bonds is 9. The Morgan fingerprint density at radius 1 is 1.00 bits per heavy atom. The van der Waals surface area contributed by atoms with Gasteiger partial charge in [0.05, 0.1) is 0 Å². The van der Waals surface area contributed by atoms with Crippen molar-refractivity contribution in [3.63, 3.8) is 0 Å². The number of hydrogen-bond donors (Lipinski definition) is 1. The molecule has 0 bridgehead atoms. The number of hydrogen-bond acceptors (Lipinski definition) is 1. The fraction of sp³-hybridized carbons (Fsp3) is 1.00. The minimum absolute atomic E-state index is 0.381. The van der Waals surface area contributed by atoms with Gasteiger partial charge in [-0.3, -0.25) is 0 Å². The molecule has 2 atom stereocenters. The van der Waals surface area contributed by atoms with Crippen LogP contribution in [0.2, 0.25) is 0 Å². The van der Waals surface area contributed by atoms with Crippen molar-refractivity contribution < 1.29 is 5.11 Å². The zero-order valence-electron chi connectivity index (χ0n) is 11.1. The summed E-state index contributed by atoms with van der Waals surface area (Å²) in [6, 6.07) is 0. The highest BCUT2D eigenvalue weighted by Crippen LogP contribution is 2.23. The van der Waals surface area contributed by atoms with Crippen molar-refractivity contribution in [1.82, 2.24) is 0 Å². The molecule has 0 aromatic heterocycles. The number of aliphatic hydroxyl groups is 1. The SMILES string of the molecule is CCCCCC(CO)CC(C)CC(C)C. The van der Waals surface area contributed by atoms with Gasteiger partial charge in [0, 0.05) is 6.61 Å². The van der Waals surface area contributed by atoms with Gasteiger partial charge in [-0.2, -0.15) is 0 Å². The van der Waals surface area contributed by atoms with Crippen molar-refractivity contribution in [1.29, 1.82) is 0 Å². The zero-order valence-corrected chi connectivity index (χ0v) is 11.1. The van der Waals surface area contributed by atoms with Crippen LogP contribution in [-0.2, 0) is 0 Å². The average molecular weight is 214 g/mol. The first-order valence-corrected chi connectivity index (χ1v) is 6.70. The summed E-state index contributed by atoms with van der Waals surface area (Å²) in [7, 11) is 0. The van der Waals surface area contributed by atoms with E-state index in [2.05, 4.69) is 27.7 Å². The van der Waals surface area contributed by atoms with Gasteiger partial charge in [0.25, 0.3) is 0 Å². The molecular weight excluding hydrogens is 184 g/mol. The Morgan fingerprint density at radius 3 is 2.13 bits per heavy atom. The van der Waals surface area contributed by atoms with E-state index in [0.29, 0.717) is 12.5 Å². The molecule has 0 saturated heterocycles. The van der Waals surface area contributed by atoms with Gasteiger partial charge in [0.2, 0.25) is 0 Å². The van der Waals surface area contributed by atoms with E-state index in [-0.39, 0.29) is 0 Å². The summed E-state index contributed by atoms with van der Waals surface area (Å²) >= 11 is 0. The lowest BCUT2D eigenvalue weighted by atomic mass is 9.87. The van der Waals surface area contributed by atoms with Crippen LogP contribution >= 0.6 is 0 Å². The first-order chi connectivity index (χ1) is 7.10. The second-order valence-electron chi connectivity index (χ2n) is 5.51. The lowest BCUT2D eigenvalue weighted by molar-refractivity contribution is 0.186. The van der Waals surface area contributed by atoms with Crippen LogP contribution < -0.4 is 0 Å². The van der Waals surface area contributed by atoms with E-state index in [4.69, 9.17) is 0 Å². The topological polar surface area (TPSA) is 20.2 Å². The fourth-order valence-corrected chi connectivity index (χ4v) is 2.44. The van der Waals surface area contributed by atoms with Crippen molar-refractivity contribution in [3.8, 4) is 0 Å². The molecular formula is C14H30O. The quantitative estimate of drug-likeness (QED) is 0.569. The van der Waals surface area contributed by atoms with E-state index in [9.17, 15) is 5.11 Å². The molecule has 1 heteroatoms. The molecule has 0 rings (SSSR count). The molecule has 0 spiro atoms. The molecule has 92 valence electrons. The van der Waals surface area contributed by atoms with E-state index in [0.717, 1.165) is 11.8 Å². The van der Waals surface area contributed by atoms with Crippen LogP contribution in [0.4, 0.5) is 0 Å². The van der Waals surface area contributed by atoms with Crippen molar-refractivity contribution in [2.75, 3.05) is 6.61 Å². The standard InChI is InChI=1S/C14H30O/c1-5-6-7-8-14(11-15)10-13(4)9-12(2)3/h12-15H,5-11H2,1-4H3. The molecule has 0 radical (unpaired) electrons. The van der Waals surface area contributed by atoms with Crippen LogP contribution in [0.25, 0.3) is 0 Å². The highest BCUT2D eigenvalue weighted by molar-refractivity contribution is 4.64. The second kappa shape index (κ2) is 9.21. The van der Waals surface area contributed by atoms with E-state index in [1.54, 1.807) is 0 Å². The molecule has 0 aliphatic carbocycles. The van der Waals surface area contributed by atoms with Gasteiger partial charge >= 0.3 is 0 Å². The molecule has 0 amide bonds. The normalized spacial score (nSPS) is 15.6. The van der Waals surface area contributed by atoms with Gasteiger partial charge in [-0.05, 0) is 37.0 Å². The van der Waals surface area contributed by atoms with Crippen molar-refractivity contribution in [2.24, 2.45) is 17.8 Å². The summed E-state index contributed by atoms with van der Waals surface area (Å²) in [5.41, 5.74) is 0. The second-order valence-corrected chi connectivity index (χ2v) is 5.51. The minimum Gasteiger partial charge on any atom is -0.396 e. The monoisotopic (exact) mass is 214 g/mol. The van der Waals surface area contributed by atoms with Gasteiger partial charge in [-0.1, -0.05) is 47.0 Å². The molecule has 0 saturated carbocycles. The van der Waals surface area contributed by atoms with Crippen LogP contribution in [0.3, 0.4) is 0 Å². The average Bonchev–Trinajstić information content (AvgIpc) is 2.15. The third kappa shape index (κ3) is 8.92. The Bertz CT molecular complexity index is 131. The summed E-state index contributed by atoms with van der Waals surface area (Å²) in [6.45, 7) is 9.49. The smallest absolute Gasteiger partial charge is 0.0459 e. The third-order valence-electron chi connectivity index (χ3n) is 3.08. The van der Waals surface area contributed by atoms with Gasteiger partial charge in [0.1, 0.15) is 0 Å². The van der Waals surface area contributed by atoms with Gasteiger partial charge in [-0.25, -0.2) is 0 Å². The Balaban J connectivity index is 3.67. The van der Waals surface area contributed by atoms with Crippen LogP contribution in [0.5, 0.6) is 0 Å². The Labute approximate surface area is 96.3 Å². The van der Waals surface area contributed by atoms with Gasteiger partial charge < -0.3 is 5.11 Å². The van der Waals surface area contributed by atoms with Crippen molar-refractivity contribution in [3.05, 3.63) is 0 Å². The molecule has 0 aromatic carbocycles. The number of unbranched alkanes of at least 4 members (excludes halogenated alkanes) is 2. The Hall–Kier alpha value is -0.0400. The van der Waals surface area contributed by atoms with Crippen LogP contribution in [0.1, 0.15) is 66.2 Å². The first-order valence-electron chi connectivity index (χ1n) is 6.70. The lowest BCUT2D eigenvalue weighted by Crippen LogP contribution is -2.12. The van der Waals surface area contributed by atoms with Gasteiger partial charge in [-0.15, -0.1) is 0 Å². The largest absolute Gasteiger partial charge is 0.396 e. The van der Waals surface area contributed by atoms with Crippen LogP contribution in [-0.4, -0.2) is 11.7 Å². The van der Waals surface area contributed by atoms with E-state index in [1.165, 1.54) is 38.5 Å². The van der Waals surface area contributed by atoms with Crippen LogP contribution in [0.15, 0.2) is 0 Å². The maximum Gasteiger partial charge on any atom is 0.0459 e. The molecule has 1 nitrogen and oxygen atoms in total. The molecule has 0 aliphatic rings. The van der Waals surface area contributed by atoms with E-state index < -0.39 is 0 Å². The molecule has 0 fully saturated rings. The maximum absolute atomic E-state index is 9.31. The van der Waals surface area contributed by atoms with Crippen molar-refractivity contribution in [2.45, 2.75) is 66.2 Å². The molecule has 0 aromatic rings. The van der Waals surface area contributed by atoms with E-state index in [1.807, 2.05) is 0 Å². The number of aliphatic hydroxyl groups excluding tert-OH is 1. The highest BCUT2D eigenvalue weighted by Gasteiger charge is 2.13. The highest BCUT2D eigenvalue weighted by atomic mass is 16.3. The summed E-state index contributed by atoms with van der Waals surface area (Å²) in [5, 5.41) is 9.31. The van der Waals surface area contributed by atoms with Gasteiger partial charge in [0.15, 0.2) is 0 Å². The molecule has 0 heterocycles. The summed E-state index contributed by atoms with van der Waals surface area (Å²) < 4.78 is 0. The molecule has 1 N–H and O–H groups in total. The zero-order chi connectivity index (χ0) is 11.7. The fourth-order valence-electron chi connectivity index (χ4n) is 2.44.